The number of halogens is 3. The number of aliphatic hydroxyl groups is 1. The van der Waals surface area contributed by atoms with Crippen LogP contribution >= 0.6 is 11.3 Å². The van der Waals surface area contributed by atoms with Crippen LogP contribution in [0.1, 0.15) is 49.2 Å². The van der Waals surface area contributed by atoms with Crippen LogP contribution < -0.4 is 27.0 Å². The number of aliphatic hydroxyl groups excluding tert-OH is 1. The lowest BCUT2D eigenvalue weighted by atomic mass is 10.0. The van der Waals surface area contributed by atoms with Crippen LogP contribution in [0.4, 0.5) is 13.2 Å². The van der Waals surface area contributed by atoms with E-state index in [0.717, 1.165) is 5.56 Å². The van der Waals surface area contributed by atoms with Crippen molar-refractivity contribution >= 4 is 40.9 Å². The van der Waals surface area contributed by atoms with Gasteiger partial charge in [-0.05, 0) is 24.1 Å². The Labute approximate surface area is 278 Å². The third-order valence-corrected chi connectivity index (χ3v) is 7.09. The van der Waals surface area contributed by atoms with Gasteiger partial charge in [0.15, 0.2) is 6.10 Å². The van der Waals surface area contributed by atoms with Gasteiger partial charge in [0.05, 0.1) is 19.1 Å². The van der Waals surface area contributed by atoms with Gasteiger partial charge in [-0.2, -0.15) is 13.2 Å². The van der Waals surface area contributed by atoms with Crippen LogP contribution in [0.25, 0.3) is 10.6 Å². The second-order valence-corrected chi connectivity index (χ2v) is 11.2. The van der Waals surface area contributed by atoms with Crippen molar-refractivity contribution in [2.75, 3.05) is 13.1 Å². The molecule has 0 bridgehead atoms. The average molecular weight is 694 g/mol. The van der Waals surface area contributed by atoms with E-state index in [1.807, 2.05) is 5.32 Å². The van der Waals surface area contributed by atoms with Crippen molar-refractivity contribution in [3.05, 3.63) is 71.5 Å². The van der Waals surface area contributed by atoms with Gasteiger partial charge < -0.3 is 32.1 Å². The summed E-state index contributed by atoms with van der Waals surface area (Å²) in [7, 11) is 0. The maximum absolute atomic E-state index is 13.0. The number of aromatic nitrogens is 2. The Morgan fingerprint density at radius 3 is 2.15 bits per heavy atom. The molecule has 0 saturated heterocycles. The molecule has 3 unspecified atom stereocenters. The van der Waals surface area contributed by atoms with Gasteiger partial charge in [-0.1, -0.05) is 50.6 Å². The number of nitrogens with two attached hydrogens (primary N) is 1. The average Bonchev–Trinajstić information content (AvgIpc) is 3.55. The van der Waals surface area contributed by atoms with E-state index in [0.29, 0.717) is 10.6 Å². The highest BCUT2D eigenvalue weighted by molar-refractivity contribution is 7.13. The molecule has 0 radical (unpaired) electrons. The highest BCUT2D eigenvalue weighted by Gasteiger charge is 2.44. The molecule has 17 heteroatoms. The number of hydrogen-bond donors (Lipinski definition) is 6. The van der Waals surface area contributed by atoms with E-state index in [1.54, 1.807) is 54.9 Å². The van der Waals surface area contributed by atoms with E-state index in [1.165, 1.54) is 23.1 Å². The number of nitrogens with zero attached hydrogens (tertiary/aromatic N) is 2. The van der Waals surface area contributed by atoms with Crippen LogP contribution in [-0.2, 0) is 25.6 Å². The predicted octanol–water partition coefficient (Wildman–Crippen LogP) is 1.87. The summed E-state index contributed by atoms with van der Waals surface area (Å²) in [6, 6.07) is 8.82. The molecule has 260 valence electrons. The first-order chi connectivity index (χ1) is 22.7. The summed E-state index contributed by atoms with van der Waals surface area (Å²) in [6.07, 6.45) is -4.83. The summed E-state index contributed by atoms with van der Waals surface area (Å²) in [4.78, 5) is 69.8. The molecular weight excluding hydrogens is 655 g/mol. The number of nitrogens with one attached hydrogen (secondary N) is 4. The van der Waals surface area contributed by atoms with Gasteiger partial charge in [0, 0.05) is 36.2 Å². The summed E-state index contributed by atoms with van der Waals surface area (Å²) in [5, 5.41) is 20.8. The lowest BCUT2D eigenvalue weighted by Gasteiger charge is -2.26. The van der Waals surface area contributed by atoms with Crippen LogP contribution in [-0.4, -0.2) is 82.1 Å². The smallest absolute Gasteiger partial charge is 0.382 e. The number of alkyl halides is 3. The summed E-state index contributed by atoms with van der Waals surface area (Å²) < 4.78 is 39.1. The molecule has 3 aromatic rings. The lowest BCUT2D eigenvalue weighted by Crippen LogP contribution is -2.54. The molecule has 0 saturated carbocycles. The van der Waals surface area contributed by atoms with E-state index >= 15 is 0 Å². The Hall–Kier alpha value is -4.90. The van der Waals surface area contributed by atoms with Crippen molar-refractivity contribution in [2.45, 2.75) is 63.9 Å². The molecule has 2 aromatic heterocycles. The number of hydrogen-bond acceptors (Lipinski definition) is 9. The minimum absolute atomic E-state index is 0.0244. The Morgan fingerprint density at radius 2 is 1.54 bits per heavy atom. The first kappa shape index (κ1) is 39.3. The highest BCUT2D eigenvalue weighted by Crippen LogP contribution is 2.24. The zero-order valence-corrected chi connectivity index (χ0v) is 27.1. The molecule has 2 heterocycles. The minimum Gasteiger partial charge on any atom is -0.382 e. The van der Waals surface area contributed by atoms with Gasteiger partial charge in [-0.25, -0.2) is 4.98 Å². The fraction of sp³-hybridized carbons (Fsp3) is 0.387. The summed E-state index contributed by atoms with van der Waals surface area (Å²) in [6.45, 7) is 2.93. The van der Waals surface area contributed by atoms with Crippen LogP contribution in [0.2, 0.25) is 0 Å². The second-order valence-electron chi connectivity index (χ2n) is 10.4. The number of rotatable bonds is 15. The lowest BCUT2D eigenvalue weighted by molar-refractivity contribution is -0.212. The third-order valence-electron chi connectivity index (χ3n) is 6.20. The number of primary amides is 1. The first-order valence-corrected chi connectivity index (χ1v) is 15.7. The van der Waals surface area contributed by atoms with E-state index in [-0.39, 0.29) is 12.1 Å². The molecule has 5 amide bonds. The minimum atomic E-state index is -5.10. The van der Waals surface area contributed by atoms with Crippen molar-refractivity contribution < 1.29 is 42.3 Å². The molecule has 0 aliphatic carbocycles. The number of thiazole rings is 1. The van der Waals surface area contributed by atoms with Gasteiger partial charge in [0.25, 0.3) is 5.91 Å². The number of amides is 5. The Bertz CT molecular complexity index is 1490. The summed E-state index contributed by atoms with van der Waals surface area (Å²) in [5.41, 5.74) is 6.44. The molecule has 3 rings (SSSR count). The molecular formula is C31H38F3N7O6S. The third kappa shape index (κ3) is 13.8. The molecule has 13 nitrogen and oxygen atoms in total. The van der Waals surface area contributed by atoms with E-state index in [2.05, 4.69) is 39.8 Å². The van der Waals surface area contributed by atoms with E-state index in [9.17, 15) is 42.3 Å². The number of carbonyl (C=O) groups is 5. The largest absolute Gasteiger partial charge is 0.416 e. The molecule has 7 N–H and O–H groups in total. The van der Waals surface area contributed by atoms with Crippen molar-refractivity contribution in [3.8, 4) is 10.6 Å². The van der Waals surface area contributed by atoms with Gasteiger partial charge >= 0.3 is 6.18 Å². The fourth-order valence-corrected chi connectivity index (χ4v) is 4.75. The highest BCUT2D eigenvalue weighted by atomic mass is 32.1. The SMILES string of the molecule is CCC.NC(=O)CCC(NC(=O)CNC(=O)C(Cc1ccccc1)NC(=O)CNC(=O)c1csc(-c2ccncc2)n1)C(O)C(F)(F)F. The van der Waals surface area contributed by atoms with Crippen LogP contribution in [0.5, 0.6) is 0 Å². The zero-order valence-electron chi connectivity index (χ0n) is 26.3. The van der Waals surface area contributed by atoms with Crippen molar-refractivity contribution in [1.29, 1.82) is 0 Å². The molecule has 0 fully saturated rings. The van der Waals surface area contributed by atoms with Crippen LogP contribution in [0.15, 0.2) is 60.2 Å². The first-order valence-electron chi connectivity index (χ1n) is 14.8. The fourth-order valence-electron chi connectivity index (χ4n) is 3.94. The predicted molar refractivity (Wildman–Crippen MR) is 171 cm³/mol. The summed E-state index contributed by atoms with van der Waals surface area (Å²) >= 11 is 1.22. The van der Waals surface area contributed by atoms with Crippen molar-refractivity contribution in [3.63, 3.8) is 0 Å². The summed E-state index contributed by atoms with van der Waals surface area (Å²) in [5.74, 6) is -4.25. The van der Waals surface area contributed by atoms with Gasteiger partial charge in [0.2, 0.25) is 23.6 Å². The second kappa shape index (κ2) is 19.7. The zero-order chi connectivity index (χ0) is 35.7. The number of pyridine rings is 1. The maximum Gasteiger partial charge on any atom is 0.416 e. The Kier molecular flexibility index (Phi) is 16.1. The Morgan fingerprint density at radius 1 is 0.938 bits per heavy atom. The van der Waals surface area contributed by atoms with Crippen LogP contribution in [0, 0.1) is 0 Å². The topological polar surface area (TPSA) is 205 Å². The number of benzene rings is 1. The molecule has 0 aliphatic heterocycles. The maximum atomic E-state index is 13.0. The quantitative estimate of drug-likeness (QED) is 0.138. The molecule has 0 spiro atoms. The van der Waals surface area contributed by atoms with E-state index in [4.69, 9.17) is 5.73 Å². The van der Waals surface area contributed by atoms with Crippen molar-refractivity contribution in [1.82, 2.24) is 31.2 Å². The monoisotopic (exact) mass is 693 g/mol. The van der Waals surface area contributed by atoms with E-state index < -0.39 is 79.8 Å². The molecule has 1 aromatic carbocycles. The standard InChI is InChI=1S/C28H30F3N7O6S.C3H8/c29-28(30,31)24(42)18(6-7-21(32)39)36-22(40)13-34-25(43)19(12-16-4-2-1-3-5-16)37-23(41)14-35-26(44)20-15-45-27(38-20)17-8-10-33-11-9-17;1-3-2/h1-5,8-11,15,18-19,24,42H,6-7,12-14H2,(H2,32,39)(H,34,43)(H,35,44)(H,36,40)(H,37,41);3H2,1-2H3. The number of carbonyl (C=O) groups excluding carboxylic acids is 5. The molecule has 48 heavy (non-hydrogen) atoms. The van der Waals surface area contributed by atoms with Crippen molar-refractivity contribution in [2.24, 2.45) is 5.73 Å². The normalized spacial score (nSPS) is 12.7. The van der Waals surface area contributed by atoms with Crippen LogP contribution in [0.3, 0.4) is 0 Å². The Balaban J connectivity index is 0.00000257. The van der Waals surface area contributed by atoms with Gasteiger partial charge in [-0.3, -0.25) is 29.0 Å². The molecule has 0 aliphatic rings. The molecule has 3 atom stereocenters. The van der Waals surface area contributed by atoms with Gasteiger partial charge in [0.1, 0.15) is 16.7 Å². The van der Waals surface area contributed by atoms with Gasteiger partial charge in [-0.15, -0.1) is 11.3 Å².